The van der Waals surface area contributed by atoms with Crippen LogP contribution in [-0.4, -0.2) is 67.0 Å². The minimum atomic E-state index is -1.03. The molecule has 0 saturated carbocycles. The highest BCUT2D eigenvalue weighted by Gasteiger charge is 2.36. The molecule has 2 atom stereocenters. The molecule has 42 heavy (non-hydrogen) atoms. The van der Waals surface area contributed by atoms with Crippen LogP contribution in [0.15, 0.2) is 48.5 Å². The average Bonchev–Trinajstić information content (AvgIpc) is 3.29. The second-order valence-electron chi connectivity index (χ2n) is 10.6. The van der Waals surface area contributed by atoms with Gasteiger partial charge in [-0.1, -0.05) is 62.4 Å². The quantitative estimate of drug-likeness (QED) is 0.118. The van der Waals surface area contributed by atoms with Crippen LogP contribution >= 0.6 is 0 Å². The van der Waals surface area contributed by atoms with Gasteiger partial charge in [-0.05, 0) is 60.4 Å². The summed E-state index contributed by atoms with van der Waals surface area (Å²) in [4.78, 5) is 62.8. The summed E-state index contributed by atoms with van der Waals surface area (Å²) in [7, 11) is 0. The summed E-state index contributed by atoms with van der Waals surface area (Å²) in [5, 5.41) is 2.69. The van der Waals surface area contributed by atoms with E-state index < -0.39 is 36.0 Å². The lowest BCUT2D eigenvalue weighted by Gasteiger charge is -2.34. The van der Waals surface area contributed by atoms with Crippen molar-refractivity contribution in [2.24, 2.45) is 17.4 Å². The number of fused-ring (bicyclic) bond motifs is 3. The Labute approximate surface area is 245 Å². The Hall–Kier alpha value is -4.25. The molecule has 1 aliphatic rings. The zero-order valence-electron chi connectivity index (χ0n) is 24.1. The summed E-state index contributed by atoms with van der Waals surface area (Å²) in [5.41, 5.74) is 15.6. The molecule has 2 aromatic rings. The van der Waals surface area contributed by atoms with E-state index in [4.69, 9.17) is 16.2 Å². The van der Waals surface area contributed by atoms with Crippen molar-refractivity contribution in [3.05, 3.63) is 59.7 Å². The highest BCUT2D eigenvalue weighted by molar-refractivity contribution is 5.91. The Morgan fingerprint density at radius 3 is 2.14 bits per heavy atom. The number of amides is 3. The number of nitrogens with one attached hydrogen (secondary N) is 1. The number of carbonyl (C=O) groups is 5. The number of nitrogens with zero attached hydrogens (tertiary/aromatic N) is 1. The van der Waals surface area contributed by atoms with E-state index in [1.165, 1.54) is 4.90 Å². The van der Waals surface area contributed by atoms with E-state index in [0.717, 1.165) is 22.3 Å². The molecule has 3 amide bonds. The van der Waals surface area contributed by atoms with E-state index in [2.05, 4.69) is 10.1 Å². The first-order chi connectivity index (χ1) is 20.2. The molecule has 5 N–H and O–H groups in total. The van der Waals surface area contributed by atoms with Gasteiger partial charge in [0.1, 0.15) is 18.7 Å². The second kappa shape index (κ2) is 15.7. The smallest absolute Gasteiger partial charge is 0.407 e. The van der Waals surface area contributed by atoms with Gasteiger partial charge in [0.05, 0.1) is 0 Å². The third-order valence-corrected chi connectivity index (χ3v) is 7.43. The zero-order chi connectivity index (χ0) is 30.6. The molecule has 0 heterocycles. The van der Waals surface area contributed by atoms with Crippen LogP contribution in [0.1, 0.15) is 63.0 Å². The Morgan fingerprint density at radius 2 is 1.60 bits per heavy atom. The highest BCUT2D eigenvalue weighted by Crippen LogP contribution is 2.44. The molecule has 0 radical (unpaired) electrons. The standard InChI is InChI=1S/C31H40N4O7/c1-20(2)28(30(39)35(17-9-15-27(37)42-19-36)26(29(33)38)14-7-8-16-32)34-31(40)41-18-25-23-12-5-3-10-21(23)22-11-4-6-13-24(22)25/h3-6,10-13,19-20,25-26,28H,7-9,14-18,32H2,1-2H3,(H2,33,38)(H,34,40)/t26-,28-/m0/s1. The number of alkyl carbamates (subject to hydrolysis) is 1. The number of unbranched alkanes of at least 4 members (excludes halogenated alkanes) is 1. The summed E-state index contributed by atoms with van der Waals surface area (Å²) >= 11 is 0. The van der Waals surface area contributed by atoms with Gasteiger partial charge in [-0.25, -0.2) is 4.79 Å². The average molecular weight is 581 g/mol. The molecule has 3 rings (SSSR count). The van der Waals surface area contributed by atoms with E-state index in [0.29, 0.717) is 19.4 Å². The number of primary amides is 1. The van der Waals surface area contributed by atoms with E-state index in [1.807, 2.05) is 48.5 Å². The van der Waals surface area contributed by atoms with Crippen molar-refractivity contribution in [3.8, 4) is 11.1 Å². The number of hydrogen-bond donors (Lipinski definition) is 3. The maximum absolute atomic E-state index is 13.8. The third-order valence-electron chi connectivity index (χ3n) is 7.43. The minimum absolute atomic E-state index is 0.0153. The number of benzene rings is 2. The van der Waals surface area contributed by atoms with Gasteiger partial charge in [0.15, 0.2) is 0 Å². The fraction of sp³-hybridized carbons (Fsp3) is 0.452. The van der Waals surface area contributed by atoms with Crippen LogP contribution in [0.5, 0.6) is 0 Å². The molecule has 0 aromatic heterocycles. The Balaban J connectivity index is 1.74. The molecule has 0 saturated heterocycles. The normalized spacial score (nSPS) is 13.4. The number of nitrogens with two attached hydrogens (primary N) is 2. The van der Waals surface area contributed by atoms with Gasteiger partial charge in [-0.2, -0.15) is 0 Å². The first kappa shape index (κ1) is 32.3. The third kappa shape index (κ3) is 8.16. The molecular weight excluding hydrogens is 540 g/mol. The van der Waals surface area contributed by atoms with Crippen LogP contribution < -0.4 is 16.8 Å². The van der Waals surface area contributed by atoms with Crippen molar-refractivity contribution in [2.45, 2.75) is 64.0 Å². The van der Waals surface area contributed by atoms with E-state index in [1.54, 1.807) is 13.8 Å². The molecule has 0 aliphatic heterocycles. The lowest BCUT2D eigenvalue weighted by molar-refractivity contribution is -0.152. The topological polar surface area (TPSA) is 171 Å². The van der Waals surface area contributed by atoms with Crippen molar-refractivity contribution < 1.29 is 33.4 Å². The second-order valence-corrected chi connectivity index (χ2v) is 10.6. The molecule has 0 unspecified atom stereocenters. The summed E-state index contributed by atoms with van der Waals surface area (Å²) in [6.07, 6.45) is 0.651. The van der Waals surface area contributed by atoms with Crippen LogP contribution in [-0.2, 0) is 28.7 Å². The number of hydrogen-bond acceptors (Lipinski definition) is 8. The van der Waals surface area contributed by atoms with Crippen molar-refractivity contribution in [3.63, 3.8) is 0 Å². The predicted octanol–water partition coefficient (Wildman–Crippen LogP) is 2.84. The van der Waals surface area contributed by atoms with Gasteiger partial charge in [0, 0.05) is 18.9 Å². The predicted molar refractivity (Wildman–Crippen MR) is 156 cm³/mol. The van der Waals surface area contributed by atoms with Gasteiger partial charge >= 0.3 is 18.5 Å². The highest BCUT2D eigenvalue weighted by atomic mass is 16.6. The molecule has 2 aromatic carbocycles. The summed E-state index contributed by atoms with van der Waals surface area (Å²) in [6.45, 7) is 4.04. The molecule has 226 valence electrons. The van der Waals surface area contributed by atoms with Crippen molar-refractivity contribution in [1.82, 2.24) is 10.2 Å². The van der Waals surface area contributed by atoms with Gasteiger partial charge in [0.2, 0.25) is 11.8 Å². The van der Waals surface area contributed by atoms with Gasteiger partial charge < -0.3 is 31.2 Å². The van der Waals surface area contributed by atoms with Gasteiger partial charge in [-0.15, -0.1) is 0 Å². The SMILES string of the molecule is CC(C)[C@H](NC(=O)OCC1c2ccccc2-c2ccccc21)C(=O)N(CCCC(=O)OC=O)[C@@H](CCCCN)C(N)=O. The van der Waals surface area contributed by atoms with Crippen LogP contribution in [0.3, 0.4) is 0 Å². The molecule has 11 nitrogen and oxygen atoms in total. The van der Waals surface area contributed by atoms with Crippen LogP contribution in [0, 0.1) is 5.92 Å². The van der Waals surface area contributed by atoms with Gasteiger partial charge in [0.25, 0.3) is 0 Å². The number of rotatable bonds is 16. The molecule has 0 bridgehead atoms. The Morgan fingerprint density at radius 1 is 0.976 bits per heavy atom. The zero-order valence-corrected chi connectivity index (χ0v) is 24.1. The van der Waals surface area contributed by atoms with E-state index in [9.17, 15) is 24.0 Å². The summed E-state index contributed by atoms with van der Waals surface area (Å²) < 4.78 is 9.98. The van der Waals surface area contributed by atoms with E-state index >= 15 is 0 Å². The van der Waals surface area contributed by atoms with Crippen LogP contribution in [0.2, 0.25) is 0 Å². The number of carbonyl (C=O) groups excluding carboxylic acids is 5. The molecule has 0 spiro atoms. The fourth-order valence-corrected chi connectivity index (χ4v) is 5.32. The lowest BCUT2D eigenvalue weighted by atomic mass is 9.98. The molecule has 11 heteroatoms. The summed E-state index contributed by atoms with van der Waals surface area (Å²) in [6, 6.07) is 13.9. The van der Waals surface area contributed by atoms with Crippen molar-refractivity contribution in [2.75, 3.05) is 19.7 Å². The maximum Gasteiger partial charge on any atom is 0.407 e. The van der Waals surface area contributed by atoms with Crippen molar-refractivity contribution in [1.29, 1.82) is 0 Å². The number of esters is 1. The largest absolute Gasteiger partial charge is 0.449 e. The molecule has 0 fully saturated rings. The molecular formula is C31H40N4O7. The van der Waals surface area contributed by atoms with Crippen LogP contribution in [0.25, 0.3) is 11.1 Å². The lowest BCUT2D eigenvalue weighted by Crippen LogP contribution is -2.57. The monoisotopic (exact) mass is 580 g/mol. The Kier molecular flexibility index (Phi) is 12.0. The first-order valence-electron chi connectivity index (χ1n) is 14.2. The first-order valence-corrected chi connectivity index (χ1v) is 14.2. The van der Waals surface area contributed by atoms with Crippen molar-refractivity contribution >= 4 is 30.3 Å². The van der Waals surface area contributed by atoms with Gasteiger partial charge in [-0.3, -0.25) is 19.2 Å². The Bertz CT molecular complexity index is 1220. The minimum Gasteiger partial charge on any atom is -0.449 e. The number of ether oxygens (including phenoxy) is 2. The maximum atomic E-state index is 13.8. The summed E-state index contributed by atoms with van der Waals surface area (Å²) in [5.74, 6) is -2.51. The molecule has 1 aliphatic carbocycles. The fourth-order valence-electron chi connectivity index (χ4n) is 5.32. The van der Waals surface area contributed by atoms with Crippen LogP contribution in [0.4, 0.5) is 4.79 Å². The van der Waals surface area contributed by atoms with E-state index in [-0.39, 0.29) is 50.7 Å².